The van der Waals surface area contributed by atoms with Gasteiger partial charge in [-0.3, -0.25) is 0 Å². The number of sulfonamides is 1. The van der Waals surface area contributed by atoms with Crippen LogP contribution in [0.3, 0.4) is 0 Å². The zero-order valence-corrected chi connectivity index (χ0v) is 19.4. The molecule has 2 saturated carbocycles. The van der Waals surface area contributed by atoms with E-state index in [0.717, 1.165) is 25.7 Å². The van der Waals surface area contributed by atoms with E-state index in [1.807, 2.05) is 0 Å². The molecule has 1 aromatic carbocycles. The molecule has 0 saturated heterocycles. The molecule has 1 amide bonds. The van der Waals surface area contributed by atoms with Crippen LogP contribution < -0.4 is 14.8 Å². The number of alkyl carbamates (subject to hydrolysis) is 1. The average molecular weight is 469 g/mol. The molecule has 0 aliphatic heterocycles. The Bertz CT molecular complexity index is 905. The number of rotatable bonds is 8. The summed E-state index contributed by atoms with van der Waals surface area (Å²) >= 11 is 0. The van der Waals surface area contributed by atoms with Crippen LogP contribution in [0.25, 0.3) is 0 Å². The van der Waals surface area contributed by atoms with Gasteiger partial charge in [0.25, 0.3) is 0 Å². The van der Waals surface area contributed by atoms with Crippen molar-refractivity contribution in [2.24, 2.45) is 0 Å². The van der Waals surface area contributed by atoms with E-state index in [4.69, 9.17) is 14.2 Å². The molecule has 2 fully saturated rings. The number of carbonyl (C=O) groups is 2. The summed E-state index contributed by atoms with van der Waals surface area (Å²) in [6.45, 7) is 2.06. The Balaban J connectivity index is 1.62. The van der Waals surface area contributed by atoms with Crippen molar-refractivity contribution in [1.82, 2.24) is 10.0 Å². The molecule has 0 heterocycles. The zero-order chi connectivity index (χ0) is 23.1. The summed E-state index contributed by atoms with van der Waals surface area (Å²) < 4.78 is 44.3. The lowest BCUT2D eigenvalue weighted by Gasteiger charge is -2.28. The van der Waals surface area contributed by atoms with Crippen LogP contribution in [0.5, 0.6) is 5.75 Å². The third kappa shape index (κ3) is 6.35. The van der Waals surface area contributed by atoms with E-state index in [1.54, 1.807) is 6.92 Å². The fourth-order valence-corrected chi connectivity index (χ4v) is 5.72. The third-order valence-corrected chi connectivity index (χ3v) is 7.45. The molecule has 10 heteroatoms. The van der Waals surface area contributed by atoms with Gasteiger partial charge in [0.15, 0.2) is 0 Å². The van der Waals surface area contributed by atoms with E-state index in [9.17, 15) is 18.0 Å². The first-order chi connectivity index (χ1) is 15.3. The van der Waals surface area contributed by atoms with Crippen LogP contribution in [-0.4, -0.2) is 52.4 Å². The van der Waals surface area contributed by atoms with Gasteiger partial charge in [-0.25, -0.2) is 22.7 Å². The maximum Gasteiger partial charge on any atom is 0.407 e. The van der Waals surface area contributed by atoms with Crippen LogP contribution in [0.1, 0.15) is 68.6 Å². The van der Waals surface area contributed by atoms with Gasteiger partial charge in [0.2, 0.25) is 10.0 Å². The molecule has 9 nitrogen and oxygen atoms in total. The standard InChI is InChI=1S/C22H32N2O7S/c1-3-30-22(26)23-16-9-11-18(12-10-16)31-21(25)15-8-13-19(29-2)20(14-15)32(27,28)24-17-6-4-5-7-17/h8,13-14,16-18,24H,3-7,9-12H2,1-2H3,(H,23,26). The fraction of sp³-hybridized carbons (Fsp3) is 0.636. The lowest BCUT2D eigenvalue weighted by atomic mass is 9.93. The molecule has 0 radical (unpaired) electrons. The molecule has 2 aliphatic rings. The Kier molecular flexibility index (Phi) is 8.36. The first-order valence-electron chi connectivity index (χ1n) is 11.2. The van der Waals surface area contributed by atoms with Crippen molar-refractivity contribution >= 4 is 22.1 Å². The monoisotopic (exact) mass is 468 g/mol. The highest BCUT2D eigenvalue weighted by Gasteiger charge is 2.29. The fourth-order valence-electron chi connectivity index (χ4n) is 4.22. The van der Waals surface area contributed by atoms with Crippen molar-refractivity contribution in [3.8, 4) is 5.75 Å². The van der Waals surface area contributed by atoms with Crippen molar-refractivity contribution in [3.05, 3.63) is 23.8 Å². The minimum absolute atomic E-state index is 0.0107. The molecule has 1 aromatic rings. The third-order valence-electron chi connectivity index (χ3n) is 5.91. The Morgan fingerprint density at radius 3 is 2.34 bits per heavy atom. The van der Waals surface area contributed by atoms with Crippen molar-refractivity contribution < 1.29 is 32.2 Å². The number of hydrogen-bond donors (Lipinski definition) is 2. The second kappa shape index (κ2) is 11.0. The smallest absolute Gasteiger partial charge is 0.407 e. The van der Waals surface area contributed by atoms with E-state index in [1.165, 1.54) is 25.3 Å². The summed E-state index contributed by atoms with van der Waals surface area (Å²) in [6.07, 6.45) is 5.42. The van der Waals surface area contributed by atoms with Crippen LogP contribution in [0.2, 0.25) is 0 Å². The van der Waals surface area contributed by atoms with E-state index < -0.39 is 22.1 Å². The van der Waals surface area contributed by atoms with Crippen molar-refractivity contribution in [2.45, 2.75) is 81.4 Å². The minimum atomic E-state index is -3.83. The van der Waals surface area contributed by atoms with Crippen LogP contribution in [0, 0.1) is 0 Å². The summed E-state index contributed by atoms with van der Waals surface area (Å²) in [6, 6.07) is 4.18. The quantitative estimate of drug-likeness (QED) is 0.563. The molecule has 0 bridgehead atoms. The highest BCUT2D eigenvalue weighted by Crippen LogP contribution is 2.28. The number of carbonyl (C=O) groups excluding carboxylic acids is 2. The number of methoxy groups -OCH3 is 1. The summed E-state index contributed by atoms with van der Waals surface area (Å²) in [7, 11) is -2.44. The number of amides is 1. The van der Waals surface area contributed by atoms with Gasteiger partial charge in [-0.1, -0.05) is 12.8 Å². The van der Waals surface area contributed by atoms with Crippen LogP contribution in [0.15, 0.2) is 23.1 Å². The number of ether oxygens (including phenoxy) is 3. The molecule has 0 unspecified atom stereocenters. The molecule has 178 valence electrons. The molecule has 0 atom stereocenters. The average Bonchev–Trinajstić information content (AvgIpc) is 3.27. The lowest BCUT2D eigenvalue weighted by molar-refractivity contribution is 0.0183. The van der Waals surface area contributed by atoms with E-state index in [2.05, 4.69) is 10.0 Å². The summed E-state index contributed by atoms with van der Waals surface area (Å²) in [5, 5.41) is 2.80. The van der Waals surface area contributed by atoms with Gasteiger partial charge >= 0.3 is 12.1 Å². The Morgan fingerprint density at radius 2 is 1.72 bits per heavy atom. The van der Waals surface area contributed by atoms with E-state index in [0.29, 0.717) is 32.3 Å². The number of benzene rings is 1. The highest BCUT2D eigenvalue weighted by atomic mass is 32.2. The molecule has 2 aliphatic carbocycles. The van der Waals surface area contributed by atoms with Gasteiger partial charge in [0.05, 0.1) is 19.3 Å². The number of esters is 1. The predicted molar refractivity (Wildman–Crippen MR) is 117 cm³/mol. The van der Waals surface area contributed by atoms with Gasteiger partial charge in [0.1, 0.15) is 16.7 Å². The largest absolute Gasteiger partial charge is 0.495 e. The van der Waals surface area contributed by atoms with Crippen LogP contribution in [0.4, 0.5) is 4.79 Å². The normalized spacial score (nSPS) is 21.7. The molecular weight excluding hydrogens is 436 g/mol. The predicted octanol–water partition coefficient (Wildman–Crippen LogP) is 3.13. The van der Waals surface area contributed by atoms with Crippen LogP contribution >= 0.6 is 0 Å². The lowest BCUT2D eigenvalue weighted by Crippen LogP contribution is -2.39. The Hall–Kier alpha value is -2.33. The molecular formula is C22H32N2O7S. The maximum atomic E-state index is 12.9. The Labute approximate surface area is 189 Å². The first-order valence-corrected chi connectivity index (χ1v) is 12.6. The van der Waals surface area contributed by atoms with Crippen molar-refractivity contribution in [1.29, 1.82) is 0 Å². The van der Waals surface area contributed by atoms with Gasteiger partial charge in [0, 0.05) is 12.1 Å². The molecule has 0 spiro atoms. The second-order valence-electron chi connectivity index (χ2n) is 8.21. The number of nitrogens with one attached hydrogen (secondary N) is 2. The van der Waals surface area contributed by atoms with Gasteiger partial charge < -0.3 is 19.5 Å². The topological polar surface area (TPSA) is 120 Å². The molecule has 2 N–H and O–H groups in total. The summed E-state index contributed by atoms with van der Waals surface area (Å²) in [4.78, 5) is 24.2. The zero-order valence-electron chi connectivity index (χ0n) is 18.6. The molecule has 32 heavy (non-hydrogen) atoms. The van der Waals surface area contributed by atoms with Crippen LogP contribution in [-0.2, 0) is 19.5 Å². The second-order valence-corrected chi connectivity index (χ2v) is 9.89. The van der Waals surface area contributed by atoms with E-state index >= 15 is 0 Å². The first kappa shape index (κ1) is 24.3. The Morgan fingerprint density at radius 1 is 1.03 bits per heavy atom. The minimum Gasteiger partial charge on any atom is -0.495 e. The van der Waals surface area contributed by atoms with Gasteiger partial charge in [-0.15, -0.1) is 0 Å². The van der Waals surface area contributed by atoms with Crippen molar-refractivity contribution in [2.75, 3.05) is 13.7 Å². The van der Waals surface area contributed by atoms with Gasteiger partial charge in [-0.05, 0) is 63.6 Å². The van der Waals surface area contributed by atoms with E-state index in [-0.39, 0.29) is 34.4 Å². The maximum absolute atomic E-state index is 12.9. The summed E-state index contributed by atoms with van der Waals surface area (Å²) in [5.41, 5.74) is 0.157. The summed E-state index contributed by atoms with van der Waals surface area (Å²) in [5.74, 6) is -0.399. The van der Waals surface area contributed by atoms with Gasteiger partial charge in [-0.2, -0.15) is 0 Å². The molecule has 0 aromatic heterocycles. The number of hydrogen-bond acceptors (Lipinski definition) is 7. The van der Waals surface area contributed by atoms with Crippen molar-refractivity contribution in [3.63, 3.8) is 0 Å². The highest BCUT2D eigenvalue weighted by molar-refractivity contribution is 7.89. The SMILES string of the molecule is CCOC(=O)NC1CCC(OC(=O)c2ccc(OC)c(S(=O)(=O)NC3CCCC3)c2)CC1. The molecule has 3 rings (SSSR count).